The molecular weight excluding hydrogens is 484 g/mol. The summed E-state index contributed by atoms with van der Waals surface area (Å²) >= 11 is 1.72. The summed E-state index contributed by atoms with van der Waals surface area (Å²) in [6.07, 6.45) is 11.9. The molecule has 1 amide bonds. The van der Waals surface area contributed by atoms with E-state index < -0.39 is 0 Å². The molecule has 0 spiro atoms. The first kappa shape index (κ1) is 21.8. The number of H-pyrrole nitrogens is 2. The van der Waals surface area contributed by atoms with E-state index in [4.69, 9.17) is 4.98 Å². The number of carbonyl (C=O) groups is 1. The molecule has 6 aromatic heterocycles. The lowest BCUT2D eigenvalue weighted by Crippen LogP contribution is -2.28. The van der Waals surface area contributed by atoms with Crippen LogP contribution in [0.15, 0.2) is 55.2 Å². The summed E-state index contributed by atoms with van der Waals surface area (Å²) in [7, 11) is 0. The summed E-state index contributed by atoms with van der Waals surface area (Å²) < 4.78 is 0. The fourth-order valence-corrected chi connectivity index (χ4v) is 5.51. The Kier molecular flexibility index (Phi) is 5.07. The molecule has 1 saturated carbocycles. The number of hydrogen-bond donors (Lipinski definition) is 3. The van der Waals surface area contributed by atoms with Gasteiger partial charge in [-0.05, 0) is 44.0 Å². The molecule has 9 nitrogen and oxygen atoms in total. The van der Waals surface area contributed by atoms with Gasteiger partial charge in [-0.1, -0.05) is 6.42 Å². The Morgan fingerprint density at radius 1 is 1.05 bits per heavy atom. The highest BCUT2D eigenvalue weighted by molar-refractivity contribution is 7.15. The third-order valence-corrected chi connectivity index (χ3v) is 7.90. The summed E-state index contributed by atoms with van der Waals surface area (Å²) in [5.74, 6) is 0.837. The lowest BCUT2D eigenvalue weighted by Gasteiger charge is -2.24. The van der Waals surface area contributed by atoms with Crippen molar-refractivity contribution in [2.24, 2.45) is 5.92 Å². The number of aromatic amines is 2. The first-order chi connectivity index (χ1) is 18.1. The van der Waals surface area contributed by atoms with Gasteiger partial charge in [0, 0.05) is 51.0 Å². The van der Waals surface area contributed by atoms with Gasteiger partial charge in [-0.2, -0.15) is 5.10 Å². The molecule has 1 aliphatic carbocycles. The second-order valence-electron chi connectivity index (χ2n) is 9.35. The number of aryl methyl sites for hydroxylation is 1. The topological polar surface area (TPSA) is 125 Å². The summed E-state index contributed by atoms with van der Waals surface area (Å²) in [6, 6.07) is 8.15. The van der Waals surface area contributed by atoms with E-state index in [-0.39, 0.29) is 11.8 Å². The van der Waals surface area contributed by atoms with Crippen molar-refractivity contribution in [1.29, 1.82) is 0 Å². The normalized spacial score (nSPS) is 13.8. The molecule has 0 aliphatic heterocycles. The van der Waals surface area contributed by atoms with Crippen LogP contribution in [0.25, 0.3) is 55.2 Å². The maximum atomic E-state index is 12.4. The Balaban J connectivity index is 1.26. The number of carbonyl (C=O) groups excluding carboxylic acids is 1. The second kappa shape index (κ2) is 8.59. The number of rotatable bonds is 5. The van der Waals surface area contributed by atoms with E-state index in [9.17, 15) is 4.79 Å². The molecule has 182 valence electrons. The van der Waals surface area contributed by atoms with Crippen LogP contribution < -0.4 is 5.32 Å². The maximum Gasteiger partial charge on any atom is 0.227 e. The van der Waals surface area contributed by atoms with E-state index in [2.05, 4.69) is 54.5 Å². The molecule has 0 radical (unpaired) electrons. The molecule has 0 unspecified atom stereocenters. The van der Waals surface area contributed by atoms with Crippen LogP contribution in [0.1, 0.15) is 24.1 Å². The largest absolute Gasteiger partial charge is 0.335 e. The second-order valence-corrected chi connectivity index (χ2v) is 10.6. The Morgan fingerprint density at radius 3 is 2.73 bits per heavy atom. The van der Waals surface area contributed by atoms with Crippen molar-refractivity contribution in [3.05, 3.63) is 60.1 Å². The predicted molar refractivity (Wildman–Crippen MR) is 144 cm³/mol. The zero-order valence-electron chi connectivity index (χ0n) is 19.9. The average molecular weight is 507 g/mol. The van der Waals surface area contributed by atoms with Gasteiger partial charge in [-0.25, -0.2) is 9.97 Å². The molecule has 1 aliphatic rings. The highest BCUT2D eigenvalue weighted by Gasteiger charge is 2.25. The van der Waals surface area contributed by atoms with Crippen LogP contribution in [0.2, 0.25) is 0 Å². The molecular formula is C27H22N8OS. The summed E-state index contributed by atoms with van der Waals surface area (Å²) in [5, 5.41) is 11.3. The van der Waals surface area contributed by atoms with Crippen molar-refractivity contribution >= 4 is 45.0 Å². The number of anilines is 1. The minimum Gasteiger partial charge on any atom is -0.335 e. The number of amides is 1. The van der Waals surface area contributed by atoms with E-state index in [1.54, 1.807) is 36.1 Å². The number of aromatic nitrogens is 7. The van der Waals surface area contributed by atoms with Gasteiger partial charge in [0.25, 0.3) is 0 Å². The quantitative estimate of drug-likeness (QED) is 0.274. The molecule has 6 aromatic rings. The minimum absolute atomic E-state index is 0.0624. The SMILES string of the molecule is Cc1ccc(-c2cncc3[nH]c(-c4[nH]nc5ncc(-c6cncc(NC(=O)C7CCC7)c6)cc45)nc23)s1. The molecule has 1 fully saturated rings. The van der Waals surface area contributed by atoms with Crippen molar-refractivity contribution in [2.45, 2.75) is 26.2 Å². The van der Waals surface area contributed by atoms with Gasteiger partial charge in [-0.3, -0.25) is 19.9 Å². The number of fused-ring (bicyclic) bond motifs is 2. The van der Waals surface area contributed by atoms with Gasteiger partial charge in [0.1, 0.15) is 11.2 Å². The van der Waals surface area contributed by atoms with E-state index in [0.29, 0.717) is 17.2 Å². The average Bonchev–Trinajstić information content (AvgIpc) is 3.60. The number of hydrogen-bond acceptors (Lipinski definition) is 7. The van der Waals surface area contributed by atoms with Crippen molar-refractivity contribution < 1.29 is 4.79 Å². The highest BCUT2D eigenvalue weighted by Crippen LogP contribution is 2.35. The van der Waals surface area contributed by atoms with Crippen molar-refractivity contribution in [3.8, 4) is 33.1 Å². The van der Waals surface area contributed by atoms with Crippen LogP contribution in [-0.4, -0.2) is 41.0 Å². The van der Waals surface area contributed by atoms with Crippen LogP contribution in [0.5, 0.6) is 0 Å². The van der Waals surface area contributed by atoms with Gasteiger partial charge < -0.3 is 10.3 Å². The molecule has 0 atom stereocenters. The Hall–Kier alpha value is -4.44. The standard InChI is InChI=1S/C27H22N8OS/c1-14-5-6-22(37-14)20-12-29-13-21-23(20)33-26(32-21)24-19-8-17(10-30-25(19)35-34-24)16-7-18(11-28-9-16)31-27(36)15-3-2-4-15/h5-13,15H,2-4H2,1H3,(H,31,36)(H,32,33)(H,30,34,35). The van der Waals surface area contributed by atoms with Crippen LogP contribution in [0.4, 0.5) is 5.69 Å². The monoisotopic (exact) mass is 506 g/mol. The number of imidazole rings is 1. The lowest BCUT2D eigenvalue weighted by molar-refractivity contribution is -0.122. The summed E-state index contributed by atoms with van der Waals surface area (Å²) in [5.41, 5.74) is 6.45. The first-order valence-corrected chi connectivity index (χ1v) is 13.0. The first-order valence-electron chi connectivity index (χ1n) is 12.1. The smallest absolute Gasteiger partial charge is 0.227 e. The van der Waals surface area contributed by atoms with Crippen LogP contribution >= 0.6 is 11.3 Å². The Morgan fingerprint density at radius 2 is 1.92 bits per heavy atom. The van der Waals surface area contributed by atoms with Gasteiger partial charge in [0.2, 0.25) is 5.91 Å². The molecule has 6 heterocycles. The predicted octanol–water partition coefficient (Wildman–Crippen LogP) is 5.73. The van der Waals surface area contributed by atoms with Crippen molar-refractivity contribution in [3.63, 3.8) is 0 Å². The van der Waals surface area contributed by atoms with Crippen molar-refractivity contribution in [1.82, 2.24) is 35.1 Å². The zero-order valence-corrected chi connectivity index (χ0v) is 20.8. The number of nitrogens with one attached hydrogen (secondary N) is 3. The Labute approximate surface area is 215 Å². The molecule has 0 saturated heterocycles. The molecule has 37 heavy (non-hydrogen) atoms. The minimum atomic E-state index is 0.0624. The third-order valence-electron chi connectivity index (χ3n) is 6.86. The molecule has 0 aromatic carbocycles. The lowest BCUT2D eigenvalue weighted by atomic mass is 9.85. The molecule has 10 heteroatoms. The van der Waals surface area contributed by atoms with E-state index in [0.717, 1.165) is 62.9 Å². The van der Waals surface area contributed by atoms with Gasteiger partial charge in [0.05, 0.1) is 29.0 Å². The Bertz CT molecular complexity index is 1790. The fourth-order valence-electron chi connectivity index (χ4n) is 4.63. The van der Waals surface area contributed by atoms with E-state index >= 15 is 0 Å². The van der Waals surface area contributed by atoms with Gasteiger partial charge in [0.15, 0.2) is 11.5 Å². The number of pyridine rings is 3. The highest BCUT2D eigenvalue weighted by atomic mass is 32.1. The third kappa shape index (κ3) is 3.86. The molecule has 0 bridgehead atoms. The zero-order chi connectivity index (χ0) is 24.9. The van der Waals surface area contributed by atoms with E-state index in [1.165, 1.54) is 4.88 Å². The van der Waals surface area contributed by atoms with Gasteiger partial charge in [-0.15, -0.1) is 11.3 Å². The molecule has 7 rings (SSSR count). The number of thiophene rings is 1. The number of nitrogens with zero attached hydrogens (tertiary/aromatic N) is 5. The maximum absolute atomic E-state index is 12.4. The summed E-state index contributed by atoms with van der Waals surface area (Å²) in [4.78, 5) is 36.4. The van der Waals surface area contributed by atoms with Crippen LogP contribution in [0.3, 0.4) is 0 Å². The van der Waals surface area contributed by atoms with Crippen LogP contribution in [0, 0.1) is 12.8 Å². The summed E-state index contributed by atoms with van der Waals surface area (Å²) in [6.45, 7) is 2.09. The van der Waals surface area contributed by atoms with Crippen LogP contribution in [-0.2, 0) is 4.79 Å². The van der Waals surface area contributed by atoms with Crippen molar-refractivity contribution in [2.75, 3.05) is 5.32 Å². The van der Waals surface area contributed by atoms with E-state index in [1.807, 2.05) is 18.3 Å². The van der Waals surface area contributed by atoms with Gasteiger partial charge >= 0.3 is 0 Å². The molecule has 3 N–H and O–H groups in total. The fraction of sp³-hybridized carbons (Fsp3) is 0.185.